The van der Waals surface area contributed by atoms with Gasteiger partial charge in [0.1, 0.15) is 17.3 Å². The highest BCUT2D eigenvalue weighted by Gasteiger charge is 2.33. The van der Waals surface area contributed by atoms with Crippen molar-refractivity contribution in [1.82, 2.24) is 14.5 Å². The van der Waals surface area contributed by atoms with Gasteiger partial charge in [0.05, 0.1) is 5.39 Å². The predicted molar refractivity (Wildman–Crippen MR) is 79.9 cm³/mol. The van der Waals surface area contributed by atoms with E-state index in [4.69, 9.17) is 10.5 Å². The maximum Gasteiger partial charge on any atom is 0.146 e. The van der Waals surface area contributed by atoms with E-state index in [1.807, 2.05) is 6.92 Å². The lowest BCUT2D eigenvalue weighted by Crippen LogP contribution is -2.37. The minimum atomic E-state index is 0.0437. The van der Waals surface area contributed by atoms with Crippen LogP contribution in [0.25, 0.3) is 11.0 Å². The average Bonchev–Trinajstić information content (AvgIpc) is 2.63. The molecular weight excluding hydrogens is 252 g/mol. The number of nitrogens with zero attached hydrogens (tertiary/aromatic N) is 3. The van der Waals surface area contributed by atoms with Gasteiger partial charge in [-0.3, -0.25) is 0 Å². The van der Waals surface area contributed by atoms with Crippen molar-refractivity contribution in [2.24, 2.45) is 0 Å². The lowest BCUT2D eigenvalue weighted by atomic mass is 9.92. The van der Waals surface area contributed by atoms with Crippen molar-refractivity contribution in [3.05, 3.63) is 17.1 Å². The summed E-state index contributed by atoms with van der Waals surface area (Å²) in [6.07, 6.45) is 2.00. The topological polar surface area (TPSA) is 66.0 Å². The lowest BCUT2D eigenvalue weighted by Gasteiger charge is -2.36. The number of hydrogen-bond donors (Lipinski definition) is 1. The molecule has 0 spiro atoms. The molecule has 1 saturated heterocycles. The standard InChI is InChI=1S/C15H22N4O/c1-9-10(2)19(15(4)5-7-20-8-6-15)14-12(9)13(16)17-11(3)18-14/h5-8H2,1-4H3,(H2,16,17,18). The normalized spacial score (nSPS) is 18.6. The molecule has 1 fully saturated rings. The van der Waals surface area contributed by atoms with E-state index in [-0.39, 0.29) is 5.54 Å². The quantitative estimate of drug-likeness (QED) is 0.867. The number of nitrogens with two attached hydrogens (primary N) is 1. The van der Waals surface area contributed by atoms with Crippen LogP contribution in [0.1, 0.15) is 36.8 Å². The smallest absolute Gasteiger partial charge is 0.146 e. The van der Waals surface area contributed by atoms with Gasteiger partial charge in [0.25, 0.3) is 0 Å². The highest BCUT2D eigenvalue weighted by Crippen LogP contribution is 2.37. The number of rotatable bonds is 1. The van der Waals surface area contributed by atoms with Gasteiger partial charge in [0, 0.05) is 24.4 Å². The van der Waals surface area contributed by atoms with E-state index in [0.29, 0.717) is 5.82 Å². The van der Waals surface area contributed by atoms with Crippen molar-refractivity contribution in [1.29, 1.82) is 0 Å². The van der Waals surface area contributed by atoms with E-state index in [2.05, 4.69) is 35.3 Å². The molecule has 0 unspecified atom stereocenters. The van der Waals surface area contributed by atoms with Crippen molar-refractivity contribution < 1.29 is 4.74 Å². The zero-order chi connectivity index (χ0) is 14.5. The van der Waals surface area contributed by atoms with Crippen LogP contribution in [0, 0.1) is 20.8 Å². The molecule has 0 amide bonds. The Balaban J connectivity index is 2.32. The zero-order valence-corrected chi connectivity index (χ0v) is 12.7. The van der Waals surface area contributed by atoms with Gasteiger partial charge in [-0.25, -0.2) is 9.97 Å². The lowest BCUT2D eigenvalue weighted by molar-refractivity contribution is 0.0304. The van der Waals surface area contributed by atoms with Crippen LogP contribution in [0.4, 0.5) is 5.82 Å². The van der Waals surface area contributed by atoms with Crippen molar-refractivity contribution >= 4 is 16.9 Å². The molecule has 3 rings (SSSR count). The minimum absolute atomic E-state index is 0.0437. The van der Waals surface area contributed by atoms with Gasteiger partial charge < -0.3 is 15.0 Å². The maximum absolute atomic E-state index is 6.12. The SMILES string of the molecule is Cc1nc(N)c2c(C)c(C)n(C3(C)CCOCC3)c2n1. The Morgan fingerprint density at radius 1 is 1.15 bits per heavy atom. The van der Waals surface area contributed by atoms with E-state index in [9.17, 15) is 0 Å². The molecule has 2 aromatic rings. The first-order valence-electron chi connectivity index (χ1n) is 7.14. The Hall–Kier alpha value is -1.62. The minimum Gasteiger partial charge on any atom is -0.383 e. The second kappa shape index (κ2) is 4.45. The number of anilines is 1. The number of nitrogen functional groups attached to an aromatic ring is 1. The molecule has 5 heteroatoms. The zero-order valence-electron chi connectivity index (χ0n) is 12.7. The molecule has 2 N–H and O–H groups in total. The molecule has 2 aromatic heterocycles. The number of aryl methyl sites for hydroxylation is 2. The van der Waals surface area contributed by atoms with Crippen LogP contribution in [-0.4, -0.2) is 27.7 Å². The van der Waals surface area contributed by atoms with E-state index < -0.39 is 0 Å². The third kappa shape index (κ3) is 1.80. The molecule has 0 aromatic carbocycles. The molecule has 0 saturated carbocycles. The highest BCUT2D eigenvalue weighted by atomic mass is 16.5. The van der Waals surface area contributed by atoms with E-state index in [1.165, 1.54) is 11.3 Å². The van der Waals surface area contributed by atoms with Crippen molar-refractivity contribution in [3.63, 3.8) is 0 Å². The molecule has 108 valence electrons. The number of aromatic nitrogens is 3. The Labute approximate surface area is 119 Å². The van der Waals surface area contributed by atoms with Crippen LogP contribution in [-0.2, 0) is 10.3 Å². The monoisotopic (exact) mass is 274 g/mol. The largest absolute Gasteiger partial charge is 0.383 e. The summed E-state index contributed by atoms with van der Waals surface area (Å²) < 4.78 is 7.87. The van der Waals surface area contributed by atoms with Gasteiger partial charge in [0.2, 0.25) is 0 Å². The molecule has 20 heavy (non-hydrogen) atoms. The van der Waals surface area contributed by atoms with Crippen molar-refractivity contribution in [2.75, 3.05) is 18.9 Å². The first kappa shape index (κ1) is 13.4. The molecule has 5 nitrogen and oxygen atoms in total. The Morgan fingerprint density at radius 3 is 2.45 bits per heavy atom. The first-order chi connectivity index (χ1) is 9.44. The summed E-state index contributed by atoms with van der Waals surface area (Å²) in [5.74, 6) is 1.31. The van der Waals surface area contributed by atoms with Crippen molar-refractivity contribution in [3.8, 4) is 0 Å². The summed E-state index contributed by atoms with van der Waals surface area (Å²) in [7, 11) is 0. The van der Waals surface area contributed by atoms with Gasteiger partial charge in [-0.05, 0) is 46.1 Å². The summed E-state index contributed by atoms with van der Waals surface area (Å²) >= 11 is 0. The summed E-state index contributed by atoms with van der Waals surface area (Å²) in [6, 6.07) is 0. The third-order valence-electron chi connectivity index (χ3n) is 4.60. The molecule has 1 aliphatic heterocycles. The Morgan fingerprint density at radius 2 is 1.80 bits per heavy atom. The third-order valence-corrected chi connectivity index (χ3v) is 4.60. The molecule has 3 heterocycles. The fourth-order valence-electron chi connectivity index (χ4n) is 3.30. The number of hydrogen-bond acceptors (Lipinski definition) is 4. The second-order valence-electron chi connectivity index (χ2n) is 6.01. The summed E-state index contributed by atoms with van der Waals surface area (Å²) in [6.45, 7) is 10.0. The van der Waals surface area contributed by atoms with Crippen LogP contribution in [0.2, 0.25) is 0 Å². The molecule has 0 radical (unpaired) electrons. The van der Waals surface area contributed by atoms with E-state index in [0.717, 1.165) is 42.9 Å². The number of ether oxygens (including phenoxy) is 1. The van der Waals surface area contributed by atoms with Crippen molar-refractivity contribution in [2.45, 2.75) is 46.1 Å². The molecule has 0 bridgehead atoms. The van der Waals surface area contributed by atoms with E-state index in [1.54, 1.807) is 0 Å². The van der Waals surface area contributed by atoms with Gasteiger partial charge in [-0.1, -0.05) is 0 Å². The highest BCUT2D eigenvalue weighted by molar-refractivity contribution is 5.91. The van der Waals surface area contributed by atoms with Gasteiger partial charge in [-0.2, -0.15) is 0 Å². The summed E-state index contributed by atoms with van der Waals surface area (Å²) in [5, 5.41) is 1.00. The van der Waals surface area contributed by atoms with E-state index >= 15 is 0 Å². The van der Waals surface area contributed by atoms with Crippen LogP contribution in [0.3, 0.4) is 0 Å². The average molecular weight is 274 g/mol. The molecule has 1 aliphatic rings. The maximum atomic E-state index is 6.12. The summed E-state index contributed by atoms with van der Waals surface area (Å²) in [4.78, 5) is 8.98. The summed E-state index contributed by atoms with van der Waals surface area (Å²) in [5.41, 5.74) is 9.55. The fraction of sp³-hybridized carbons (Fsp3) is 0.600. The van der Waals surface area contributed by atoms with Gasteiger partial charge in [-0.15, -0.1) is 0 Å². The molecule has 0 atom stereocenters. The Kier molecular flexibility index (Phi) is 2.97. The Bertz CT molecular complexity index is 668. The first-order valence-corrected chi connectivity index (χ1v) is 7.14. The van der Waals surface area contributed by atoms with Crippen LogP contribution < -0.4 is 5.73 Å². The van der Waals surface area contributed by atoms with Crippen LogP contribution in [0.5, 0.6) is 0 Å². The predicted octanol–water partition coefficient (Wildman–Crippen LogP) is 2.46. The van der Waals surface area contributed by atoms with Gasteiger partial charge in [0.15, 0.2) is 0 Å². The second-order valence-corrected chi connectivity index (χ2v) is 6.01. The molecule has 0 aliphatic carbocycles. The van der Waals surface area contributed by atoms with Crippen LogP contribution >= 0.6 is 0 Å². The molecular formula is C15H22N4O. The van der Waals surface area contributed by atoms with Gasteiger partial charge >= 0.3 is 0 Å². The fourth-order valence-corrected chi connectivity index (χ4v) is 3.30. The van der Waals surface area contributed by atoms with Crippen LogP contribution in [0.15, 0.2) is 0 Å². The number of fused-ring (bicyclic) bond motifs is 1.